The third-order valence-electron chi connectivity index (χ3n) is 17.4. The number of rotatable bonds is 73. The summed E-state index contributed by atoms with van der Waals surface area (Å²) in [7, 11) is -9.91. The van der Waals surface area contributed by atoms with Gasteiger partial charge in [-0.05, 0) is 43.4 Å². The molecule has 0 aliphatic carbocycles. The lowest BCUT2D eigenvalue weighted by Gasteiger charge is -2.21. The number of aliphatic hydroxyl groups excluding tert-OH is 1. The zero-order chi connectivity index (χ0) is 69.4. The van der Waals surface area contributed by atoms with Crippen LogP contribution in [0.4, 0.5) is 0 Å². The first-order valence-electron chi connectivity index (χ1n) is 38.8. The topological polar surface area (TPSA) is 237 Å². The van der Waals surface area contributed by atoms with E-state index >= 15 is 0 Å². The first-order valence-corrected chi connectivity index (χ1v) is 41.8. The molecule has 0 fully saturated rings. The molecule has 0 spiro atoms. The third-order valence-corrected chi connectivity index (χ3v) is 19.3. The van der Waals surface area contributed by atoms with Crippen molar-refractivity contribution in [2.24, 2.45) is 17.8 Å². The average Bonchev–Trinajstić information content (AvgIpc) is 1.85. The molecule has 2 unspecified atom stereocenters. The van der Waals surface area contributed by atoms with E-state index in [0.717, 1.165) is 108 Å². The number of hydrogen-bond donors (Lipinski definition) is 3. The number of carbonyl (C=O) groups excluding carboxylic acids is 4. The first kappa shape index (κ1) is 92.1. The van der Waals surface area contributed by atoms with E-state index in [1.807, 2.05) is 0 Å². The van der Waals surface area contributed by atoms with Gasteiger partial charge in [0.25, 0.3) is 0 Å². The number of carbonyl (C=O) groups is 4. The molecular weight excluding hydrogens is 1230 g/mol. The van der Waals surface area contributed by atoms with Crippen molar-refractivity contribution in [3.8, 4) is 0 Å². The van der Waals surface area contributed by atoms with E-state index in [4.69, 9.17) is 37.0 Å². The van der Waals surface area contributed by atoms with Gasteiger partial charge in [-0.1, -0.05) is 331 Å². The van der Waals surface area contributed by atoms with Crippen LogP contribution in [-0.2, 0) is 65.4 Å². The summed E-state index contributed by atoms with van der Waals surface area (Å²) in [6, 6.07) is 0. The fraction of sp³-hybridized carbons (Fsp3) is 0.947. The highest BCUT2D eigenvalue weighted by molar-refractivity contribution is 7.47. The summed E-state index contributed by atoms with van der Waals surface area (Å²) in [6.45, 7) is 11.8. The molecule has 0 saturated carbocycles. The molecule has 0 saturated heterocycles. The standard InChI is InChI=1S/C75H146O17P2/c1-8-9-10-11-12-13-14-15-16-17-18-19-22-29-36-44-51-58-74(79)91-70(62-85-72(77)56-49-42-35-28-23-20-21-26-32-39-46-53-66(2)3)64-89-93(81,82)87-60-69(76)61-88-94(83,84)90-65-71(63-86-73(78)57-50-43-38-31-34-41-48-55-68(6)7)92-75(80)59-52-45-37-30-25-24-27-33-40-47-54-67(4)5/h66-71,76H,8-65H2,1-7H3,(H,81,82)(H,83,84)/t69-,70-,71-/m1/s1. The van der Waals surface area contributed by atoms with Gasteiger partial charge in [0.2, 0.25) is 0 Å². The summed E-state index contributed by atoms with van der Waals surface area (Å²) in [5.74, 6) is 0.109. The van der Waals surface area contributed by atoms with E-state index in [1.54, 1.807) is 0 Å². The van der Waals surface area contributed by atoms with Gasteiger partial charge in [-0.2, -0.15) is 0 Å². The van der Waals surface area contributed by atoms with Crippen LogP contribution in [0.1, 0.15) is 382 Å². The van der Waals surface area contributed by atoms with Crippen LogP contribution in [-0.4, -0.2) is 96.7 Å². The lowest BCUT2D eigenvalue weighted by molar-refractivity contribution is -0.161. The van der Waals surface area contributed by atoms with Crippen LogP contribution in [0.5, 0.6) is 0 Å². The Balaban J connectivity index is 5.25. The van der Waals surface area contributed by atoms with Crippen molar-refractivity contribution < 1.29 is 80.2 Å². The molecule has 19 heteroatoms. The lowest BCUT2D eigenvalue weighted by Crippen LogP contribution is -2.30. The summed E-state index contributed by atoms with van der Waals surface area (Å²) in [6.07, 6.45) is 51.4. The van der Waals surface area contributed by atoms with Crippen molar-refractivity contribution in [2.45, 2.75) is 401 Å². The molecule has 0 aliphatic heterocycles. The van der Waals surface area contributed by atoms with Crippen LogP contribution in [0, 0.1) is 17.8 Å². The Bertz CT molecular complexity index is 1840. The number of esters is 4. The smallest absolute Gasteiger partial charge is 0.462 e. The molecule has 0 rings (SSSR count). The molecule has 17 nitrogen and oxygen atoms in total. The van der Waals surface area contributed by atoms with E-state index in [2.05, 4.69) is 48.5 Å². The Labute approximate surface area is 575 Å². The van der Waals surface area contributed by atoms with Crippen molar-refractivity contribution >= 4 is 39.5 Å². The Hall–Kier alpha value is -1.94. The number of unbranched alkanes of at least 4 members (excludes halogenated alkanes) is 41. The molecule has 0 aromatic heterocycles. The quantitative estimate of drug-likeness (QED) is 0.0222. The van der Waals surface area contributed by atoms with Gasteiger partial charge in [0.05, 0.1) is 26.4 Å². The molecule has 0 aromatic carbocycles. The van der Waals surface area contributed by atoms with E-state index in [0.29, 0.717) is 31.6 Å². The van der Waals surface area contributed by atoms with Gasteiger partial charge < -0.3 is 33.8 Å². The van der Waals surface area contributed by atoms with Gasteiger partial charge in [0.1, 0.15) is 19.3 Å². The van der Waals surface area contributed by atoms with Crippen LogP contribution < -0.4 is 0 Å². The van der Waals surface area contributed by atoms with Crippen LogP contribution in [0.3, 0.4) is 0 Å². The van der Waals surface area contributed by atoms with Crippen LogP contribution >= 0.6 is 15.6 Å². The second-order valence-electron chi connectivity index (χ2n) is 28.5. The normalized spacial score (nSPS) is 14.1. The third kappa shape index (κ3) is 68.6. The van der Waals surface area contributed by atoms with Crippen molar-refractivity contribution in [3.63, 3.8) is 0 Å². The van der Waals surface area contributed by atoms with Gasteiger partial charge in [0.15, 0.2) is 12.2 Å². The maximum absolute atomic E-state index is 13.1. The van der Waals surface area contributed by atoms with E-state index in [-0.39, 0.29) is 25.7 Å². The second-order valence-corrected chi connectivity index (χ2v) is 31.4. The van der Waals surface area contributed by atoms with Crippen LogP contribution in [0.15, 0.2) is 0 Å². The lowest BCUT2D eigenvalue weighted by atomic mass is 10.0. The number of aliphatic hydroxyl groups is 1. The zero-order valence-electron chi connectivity index (χ0n) is 61.4. The molecule has 0 bridgehead atoms. The summed E-state index contributed by atoms with van der Waals surface area (Å²) in [5, 5.41) is 10.6. The molecule has 558 valence electrons. The number of hydrogen-bond acceptors (Lipinski definition) is 15. The molecule has 3 N–H and O–H groups in total. The zero-order valence-corrected chi connectivity index (χ0v) is 63.2. The minimum Gasteiger partial charge on any atom is -0.462 e. The Morgan fingerprint density at radius 1 is 0.287 bits per heavy atom. The monoisotopic (exact) mass is 1380 g/mol. The van der Waals surface area contributed by atoms with E-state index in [9.17, 15) is 43.2 Å². The van der Waals surface area contributed by atoms with Crippen molar-refractivity contribution in [1.29, 1.82) is 0 Å². The number of phosphoric acid groups is 2. The maximum atomic E-state index is 13.1. The highest BCUT2D eigenvalue weighted by Crippen LogP contribution is 2.45. The molecule has 0 radical (unpaired) electrons. The van der Waals surface area contributed by atoms with E-state index in [1.165, 1.54) is 186 Å². The van der Waals surface area contributed by atoms with Gasteiger partial charge in [-0.25, -0.2) is 9.13 Å². The fourth-order valence-corrected chi connectivity index (χ4v) is 13.0. The Kier molecular flexibility index (Phi) is 64.3. The van der Waals surface area contributed by atoms with Crippen LogP contribution in [0.2, 0.25) is 0 Å². The molecule has 0 heterocycles. The SMILES string of the molecule is CCCCCCCCCCCCCCCCCCCC(=O)O[C@H](COC(=O)CCCCCCCCCCCCCC(C)C)COP(=O)(O)OC[C@@H](O)COP(=O)(O)OC[C@@H](COC(=O)CCCCCCCCCC(C)C)OC(=O)CCCCCCCCCCCCC(C)C. The van der Waals surface area contributed by atoms with Crippen molar-refractivity contribution in [2.75, 3.05) is 39.6 Å². The van der Waals surface area contributed by atoms with Crippen molar-refractivity contribution in [1.82, 2.24) is 0 Å². The summed E-state index contributed by atoms with van der Waals surface area (Å²) in [5.41, 5.74) is 0. The molecule has 94 heavy (non-hydrogen) atoms. The highest BCUT2D eigenvalue weighted by atomic mass is 31.2. The van der Waals surface area contributed by atoms with Crippen molar-refractivity contribution in [3.05, 3.63) is 0 Å². The van der Waals surface area contributed by atoms with Crippen LogP contribution in [0.25, 0.3) is 0 Å². The predicted octanol–water partition coefficient (Wildman–Crippen LogP) is 21.8. The van der Waals surface area contributed by atoms with Gasteiger partial charge in [-0.3, -0.25) is 37.3 Å². The minimum atomic E-state index is -4.96. The second kappa shape index (κ2) is 65.7. The average molecular weight is 1380 g/mol. The Morgan fingerprint density at radius 3 is 0.723 bits per heavy atom. The van der Waals surface area contributed by atoms with Gasteiger partial charge in [0, 0.05) is 25.7 Å². The highest BCUT2D eigenvalue weighted by Gasteiger charge is 2.30. The number of phosphoric ester groups is 2. The Morgan fingerprint density at radius 2 is 0.489 bits per heavy atom. The largest absolute Gasteiger partial charge is 0.472 e. The summed E-state index contributed by atoms with van der Waals surface area (Å²) < 4.78 is 68.5. The molecule has 0 amide bonds. The molecule has 0 aromatic rings. The van der Waals surface area contributed by atoms with Gasteiger partial charge in [-0.15, -0.1) is 0 Å². The minimum absolute atomic E-state index is 0.105. The molecule has 5 atom stereocenters. The van der Waals surface area contributed by atoms with Gasteiger partial charge >= 0.3 is 39.5 Å². The summed E-state index contributed by atoms with van der Waals surface area (Å²) in [4.78, 5) is 72.8. The number of ether oxygens (including phenoxy) is 4. The van der Waals surface area contributed by atoms with E-state index < -0.39 is 97.5 Å². The molecule has 0 aliphatic rings. The predicted molar refractivity (Wildman–Crippen MR) is 381 cm³/mol. The molecular formula is C75H146O17P2. The first-order chi connectivity index (χ1) is 45.2. The summed E-state index contributed by atoms with van der Waals surface area (Å²) >= 11 is 0. The fourth-order valence-electron chi connectivity index (χ4n) is 11.4. The maximum Gasteiger partial charge on any atom is 0.472 e.